The average Bonchev–Trinajstić information content (AvgIpc) is 2.52. The molecule has 1 fully saturated rings. The first kappa shape index (κ1) is 15.8. The number of hydrogen-bond acceptors (Lipinski definition) is 3. The lowest BCUT2D eigenvalue weighted by atomic mass is 9.98. The van der Waals surface area contributed by atoms with Crippen LogP contribution in [0.3, 0.4) is 0 Å². The van der Waals surface area contributed by atoms with E-state index < -0.39 is 0 Å². The Morgan fingerprint density at radius 1 is 1.48 bits per heavy atom. The minimum Gasteiger partial charge on any atom is -0.483 e. The maximum Gasteiger partial charge on any atom is 0.260 e. The molecule has 1 aromatic rings. The number of hydrogen-bond donors (Lipinski definition) is 1. The lowest BCUT2D eigenvalue weighted by Gasteiger charge is -2.30. The first-order chi connectivity index (χ1) is 10.1. The molecule has 0 bridgehead atoms. The second-order valence-corrected chi connectivity index (χ2v) is 5.88. The van der Waals surface area contributed by atoms with Gasteiger partial charge < -0.3 is 15.4 Å². The van der Waals surface area contributed by atoms with Gasteiger partial charge in [-0.25, -0.2) is 0 Å². The topological polar surface area (TPSA) is 55.6 Å². The normalized spacial score (nSPS) is 20.1. The third-order valence-electron chi connectivity index (χ3n) is 4.22. The molecule has 2 rings (SSSR count). The standard InChI is InChI=1S/C17H26N2O2/c1-3-13(2)15-8-4-5-9-16(15)21-12-17(20)19-10-6-7-14(18)11-19/h4-5,8-9,13-14H,3,6-7,10-12,18H2,1-2H3/t13-,14+/m1/s1. The first-order valence-corrected chi connectivity index (χ1v) is 7.87. The van der Waals surface area contributed by atoms with E-state index in [0.717, 1.165) is 31.6 Å². The molecule has 4 heteroatoms. The largest absolute Gasteiger partial charge is 0.483 e. The first-order valence-electron chi connectivity index (χ1n) is 7.87. The Bertz CT molecular complexity index is 476. The van der Waals surface area contributed by atoms with E-state index in [-0.39, 0.29) is 18.6 Å². The second-order valence-electron chi connectivity index (χ2n) is 5.88. The number of ether oxygens (including phenoxy) is 1. The molecular weight excluding hydrogens is 264 g/mol. The van der Waals surface area contributed by atoms with Gasteiger partial charge in [-0.1, -0.05) is 32.0 Å². The van der Waals surface area contributed by atoms with Crippen molar-refractivity contribution in [1.29, 1.82) is 0 Å². The Hall–Kier alpha value is -1.55. The van der Waals surface area contributed by atoms with E-state index in [1.165, 1.54) is 5.56 Å². The summed E-state index contributed by atoms with van der Waals surface area (Å²) in [5.41, 5.74) is 7.09. The molecule has 2 atom stereocenters. The van der Waals surface area contributed by atoms with E-state index in [0.29, 0.717) is 12.5 Å². The third-order valence-corrected chi connectivity index (χ3v) is 4.22. The third kappa shape index (κ3) is 4.21. The Labute approximate surface area is 127 Å². The van der Waals surface area contributed by atoms with Crippen LogP contribution in [0.5, 0.6) is 5.75 Å². The maximum absolute atomic E-state index is 12.2. The molecule has 0 unspecified atom stereocenters. The zero-order valence-electron chi connectivity index (χ0n) is 13.0. The van der Waals surface area contributed by atoms with Gasteiger partial charge in [0.25, 0.3) is 5.91 Å². The number of nitrogens with zero attached hydrogens (tertiary/aromatic N) is 1. The predicted octanol–water partition coefficient (Wildman–Crippen LogP) is 2.53. The van der Waals surface area contributed by atoms with Gasteiger partial charge >= 0.3 is 0 Å². The summed E-state index contributed by atoms with van der Waals surface area (Å²) in [6.45, 7) is 5.87. The van der Waals surface area contributed by atoms with Gasteiger partial charge in [0.1, 0.15) is 5.75 Å². The van der Waals surface area contributed by atoms with Crippen LogP contribution in [0.4, 0.5) is 0 Å². The van der Waals surface area contributed by atoms with Crippen LogP contribution in [-0.4, -0.2) is 36.5 Å². The number of benzene rings is 1. The highest BCUT2D eigenvalue weighted by atomic mass is 16.5. The quantitative estimate of drug-likeness (QED) is 0.906. The summed E-state index contributed by atoms with van der Waals surface area (Å²) in [5, 5.41) is 0. The summed E-state index contributed by atoms with van der Waals surface area (Å²) >= 11 is 0. The molecule has 21 heavy (non-hydrogen) atoms. The van der Waals surface area contributed by atoms with Gasteiger partial charge in [0.15, 0.2) is 6.61 Å². The number of rotatable bonds is 5. The van der Waals surface area contributed by atoms with Crippen LogP contribution in [0.1, 0.15) is 44.6 Å². The van der Waals surface area contributed by atoms with Gasteiger partial charge in [0.2, 0.25) is 0 Å². The Morgan fingerprint density at radius 3 is 2.95 bits per heavy atom. The van der Waals surface area contributed by atoms with Crippen LogP contribution in [-0.2, 0) is 4.79 Å². The molecule has 1 amide bonds. The van der Waals surface area contributed by atoms with Crippen molar-refractivity contribution >= 4 is 5.91 Å². The van der Waals surface area contributed by atoms with Crippen molar-refractivity contribution in [3.8, 4) is 5.75 Å². The van der Waals surface area contributed by atoms with Gasteiger partial charge in [-0.15, -0.1) is 0 Å². The number of carbonyl (C=O) groups excluding carboxylic acids is 1. The van der Waals surface area contributed by atoms with Gasteiger partial charge in [-0.3, -0.25) is 4.79 Å². The Morgan fingerprint density at radius 2 is 2.24 bits per heavy atom. The molecule has 0 spiro atoms. The number of para-hydroxylation sites is 1. The highest BCUT2D eigenvalue weighted by molar-refractivity contribution is 5.78. The maximum atomic E-state index is 12.2. The lowest BCUT2D eigenvalue weighted by Crippen LogP contribution is -2.47. The molecule has 1 saturated heterocycles. The van der Waals surface area contributed by atoms with E-state index >= 15 is 0 Å². The van der Waals surface area contributed by atoms with Crippen LogP contribution in [0.25, 0.3) is 0 Å². The van der Waals surface area contributed by atoms with Gasteiger partial charge in [0, 0.05) is 19.1 Å². The molecule has 0 radical (unpaired) electrons. The fraction of sp³-hybridized carbons (Fsp3) is 0.588. The van der Waals surface area contributed by atoms with Crippen molar-refractivity contribution in [2.75, 3.05) is 19.7 Å². The second kappa shape index (κ2) is 7.46. The van der Waals surface area contributed by atoms with Crippen LogP contribution in [0.2, 0.25) is 0 Å². The summed E-state index contributed by atoms with van der Waals surface area (Å²) in [4.78, 5) is 14.0. The van der Waals surface area contributed by atoms with Crippen molar-refractivity contribution in [1.82, 2.24) is 4.90 Å². The molecule has 1 aromatic carbocycles. The molecule has 0 saturated carbocycles. The van der Waals surface area contributed by atoms with Gasteiger partial charge in [-0.05, 0) is 36.8 Å². The summed E-state index contributed by atoms with van der Waals surface area (Å²) in [6.07, 6.45) is 3.03. The zero-order valence-corrected chi connectivity index (χ0v) is 13.0. The SMILES string of the molecule is CC[C@@H](C)c1ccccc1OCC(=O)N1CCC[C@H](N)C1. The van der Waals surface area contributed by atoms with E-state index in [1.54, 1.807) is 0 Å². The number of likely N-dealkylation sites (tertiary alicyclic amines) is 1. The summed E-state index contributed by atoms with van der Waals surface area (Å²) in [5.74, 6) is 1.28. The molecule has 1 aliphatic rings. The summed E-state index contributed by atoms with van der Waals surface area (Å²) < 4.78 is 5.78. The van der Waals surface area contributed by atoms with Crippen LogP contribution in [0.15, 0.2) is 24.3 Å². The lowest BCUT2D eigenvalue weighted by molar-refractivity contribution is -0.134. The molecule has 0 aliphatic carbocycles. The fourth-order valence-electron chi connectivity index (χ4n) is 2.71. The Balaban J connectivity index is 1.95. The molecule has 1 aliphatic heterocycles. The molecule has 116 valence electrons. The number of carbonyl (C=O) groups is 1. The highest BCUT2D eigenvalue weighted by Crippen LogP contribution is 2.28. The number of amides is 1. The average molecular weight is 290 g/mol. The smallest absolute Gasteiger partial charge is 0.260 e. The molecular formula is C17H26N2O2. The van der Waals surface area contributed by atoms with Gasteiger partial charge in [0.05, 0.1) is 0 Å². The van der Waals surface area contributed by atoms with E-state index in [2.05, 4.69) is 19.9 Å². The van der Waals surface area contributed by atoms with Crippen LogP contribution in [0, 0.1) is 0 Å². The summed E-state index contributed by atoms with van der Waals surface area (Å²) in [6, 6.07) is 8.08. The van der Waals surface area contributed by atoms with Crippen molar-refractivity contribution < 1.29 is 9.53 Å². The highest BCUT2D eigenvalue weighted by Gasteiger charge is 2.21. The molecule has 2 N–H and O–H groups in total. The van der Waals surface area contributed by atoms with E-state index in [1.807, 2.05) is 23.1 Å². The molecule has 4 nitrogen and oxygen atoms in total. The Kier molecular flexibility index (Phi) is 5.62. The van der Waals surface area contributed by atoms with E-state index in [4.69, 9.17) is 10.5 Å². The van der Waals surface area contributed by atoms with Crippen molar-refractivity contribution in [2.45, 2.75) is 45.1 Å². The van der Waals surface area contributed by atoms with Crippen LogP contribution < -0.4 is 10.5 Å². The van der Waals surface area contributed by atoms with E-state index in [9.17, 15) is 4.79 Å². The molecule has 1 heterocycles. The van der Waals surface area contributed by atoms with Crippen molar-refractivity contribution in [3.63, 3.8) is 0 Å². The van der Waals surface area contributed by atoms with Crippen LogP contribution >= 0.6 is 0 Å². The van der Waals surface area contributed by atoms with Crippen molar-refractivity contribution in [2.24, 2.45) is 5.73 Å². The minimum absolute atomic E-state index is 0.0316. The summed E-state index contributed by atoms with van der Waals surface area (Å²) in [7, 11) is 0. The number of nitrogens with two attached hydrogens (primary N) is 1. The fourth-order valence-corrected chi connectivity index (χ4v) is 2.71. The zero-order chi connectivity index (χ0) is 15.2. The monoisotopic (exact) mass is 290 g/mol. The minimum atomic E-state index is 0.0316. The molecule has 0 aromatic heterocycles. The predicted molar refractivity (Wildman–Crippen MR) is 84.4 cm³/mol. The van der Waals surface area contributed by atoms with Crippen molar-refractivity contribution in [3.05, 3.63) is 29.8 Å². The number of piperidine rings is 1. The van der Waals surface area contributed by atoms with Gasteiger partial charge in [-0.2, -0.15) is 0 Å².